The number of nitrogens with zero attached hydrogens (tertiary/aromatic N) is 4. The number of rotatable bonds is 3. The number of benzene rings is 1. The van der Waals surface area contributed by atoms with Crippen molar-refractivity contribution in [1.29, 1.82) is 0 Å². The monoisotopic (exact) mass is 403 g/mol. The fraction of sp³-hybridized carbons (Fsp3) is 0.438. The van der Waals surface area contributed by atoms with E-state index < -0.39 is 0 Å². The Labute approximate surface area is 162 Å². The predicted octanol–water partition coefficient (Wildman–Crippen LogP) is 2.99. The molecule has 25 heavy (non-hydrogen) atoms. The van der Waals surface area contributed by atoms with Crippen LogP contribution in [0.4, 0.5) is 0 Å². The molecule has 1 fully saturated rings. The molecule has 1 aromatic heterocycles. The van der Waals surface area contributed by atoms with Crippen molar-refractivity contribution in [3.8, 4) is 5.69 Å². The van der Waals surface area contributed by atoms with Crippen LogP contribution in [0.5, 0.6) is 0 Å². The molecule has 1 saturated heterocycles. The number of carbonyl (C=O) groups excluding carboxylic acids is 1. The van der Waals surface area contributed by atoms with Crippen LogP contribution >= 0.6 is 35.6 Å². The molecule has 1 amide bonds. The lowest BCUT2D eigenvalue weighted by Gasteiger charge is -2.33. The summed E-state index contributed by atoms with van der Waals surface area (Å²) in [5.74, 6) is 0.661. The number of carbonyl (C=O) groups is 1. The summed E-state index contributed by atoms with van der Waals surface area (Å²) in [6.07, 6.45) is 0.610. The van der Waals surface area contributed by atoms with Crippen LogP contribution in [-0.4, -0.2) is 51.2 Å². The summed E-state index contributed by atoms with van der Waals surface area (Å²) in [5, 5.41) is 8.61. The second kappa shape index (κ2) is 8.36. The van der Waals surface area contributed by atoms with Crippen LogP contribution in [0, 0.1) is 0 Å². The van der Waals surface area contributed by atoms with E-state index in [1.54, 1.807) is 27.8 Å². The van der Waals surface area contributed by atoms with Crippen molar-refractivity contribution in [2.75, 3.05) is 19.6 Å². The molecule has 0 spiro atoms. The van der Waals surface area contributed by atoms with E-state index in [0.717, 1.165) is 13.1 Å². The molecule has 1 aliphatic rings. The van der Waals surface area contributed by atoms with Gasteiger partial charge in [0, 0.05) is 32.1 Å². The van der Waals surface area contributed by atoms with E-state index in [1.165, 1.54) is 0 Å². The van der Waals surface area contributed by atoms with Crippen LogP contribution in [0.3, 0.4) is 0 Å². The number of aryl methyl sites for hydroxylation is 1. The molecule has 2 heterocycles. The smallest absolute Gasteiger partial charge is 0.293 e. The summed E-state index contributed by atoms with van der Waals surface area (Å²) in [4.78, 5) is 19.0. The molecule has 3 rings (SSSR count). The van der Waals surface area contributed by atoms with Crippen LogP contribution in [-0.2, 0) is 6.42 Å². The Balaban J connectivity index is 0.00000225. The van der Waals surface area contributed by atoms with Gasteiger partial charge in [0.2, 0.25) is 5.82 Å². The second-order valence-corrected chi connectivity index (χ2v) is 6.55. The van der Waals surface area contributed by atoms with Gasteiger partial charge in [0.25, 0.3) is 5.91 Å². The highest BCUT2D eigenvalue weighted by Gasteiger charge is 2.28. The molecule has 6 nitrogen and oxygen atoms in total. The number of nitrogens with one attached hydrogen (secondary N) is 1. The molecular formula is C16H20Cl3N5O. The molecule has 136 valence electrons. The van der Waals surface area contributed by atoms with Gasteiger partial charge in [0.15, 0.2) is 0 Å². The van der Waals surface area contributed by atoms with E-state index in [9.17, 15) is 4.79 Å². The van der Waals surface area contributed by atoms with Crippen LogP contribution in [0.2, 0.25) is 10.0 Å². The van der Waals surface area contributed by atoms with Crippen LogP contribution in [0.25, 0.3) is 5.69 Å². The van der Waals surface area contributed by atoms with Gasteiger partial charge in [-0.25, -0.2) is 9.67 Å². The highest BCUT2D eigenvalue weighted by atomic mass is 35.5. The molecule has 0 unspecified atom stereocenters. The number of amides is 1. The third kappa shape index (κ3) is 3.92. The fourth-order valence-electron chi connectivity index (χ4n) is 2.81. The average molecular weight is 405 g/mol. The first-order valence-electron chi connectivity index (χ1n) is 7.95. The standard InChI is InChI=1S/C16H19Cl2N5O.ClH/c1-3-13-20-15(16(24)22-8-7-19-9-10(22)2)21-23(13)14-11(17)5-4-6-12(14)18;/h4-6,10,19H,3,7-9H2,1-2H3;1H/t10-;/m0./s1. The minimum atomic E-state index is -0.166. The van der Waals surface area contributed by atoms with Gasteiger partial charge < -0.3 is 10.2 Å². The number of piperazine rings is 1. The normalized spacial score (nSPS) is 17.3. The van der Waals surface area contributed by atoms with Crippen molar-refractivity contribution in [3.63, 3.8) is 0 Å². The molecule has 2 aromatic rings. The van der Waals surface area contributed by atoms with Gasteiger partial charge in [-0.2, -0.15) is 0 Å². The minimum Gasteiger partial charge on any atom is -0.331 e. The average Bonchev–Trinajstić information content (AvgIpc) is 2.98. The topological polar surface area (TPSA) is 63.1 Å². The molecule has 0 saturated carbocycles. The largest absolute Gasteiger partial charge is 0.331 e. The summed E-state index contributed by atoms with van der Waals surface area (Å²) in [6.45, 7) is 6.14. The Morgan fingerprint density at radius 3 is 2.64 bits per heavy atom. The number of para-hydroxylation sites is 1. The van der Waals surface area contributed by atoms with Gasteiger partial charge in [-0.05, 0) is 19.1 Å². The highest BCUT2D eigenvalue weighted by Crippen LogP contribution is 2.29. The zero-order valence-corrected chi connectivity index (χ0v) is 16.3. The zero-order valence-electron chi connectivity index (χ0n) is 14.0. The summed E-state index contributed by atoms with van der Waals surface area (Å²) in [7, 11) is 0. The lowest BCUT2D eigenvalue weighted by Crippen LogP contribution is -2.52. The maximum Gasteiger partial charge on any atom is 0.293 e. The molecule has 1 atom stereocenters. The lowest BCUT2D eigenvalue weighted by atomic mass is 10.2. The number of hydrogen-bond acceptors (Lipinski definition) is 4. The molecule has 1 N–H and O–H groups in total. The highest BCUT2D eigenvalue weighted by molar-refractivity contribution is 6.37. The molecular weight excluding hydrogens is 385 g/mol. The SMILES string of the molecule is CCc1nc(C(=O)N2CCNC[C@@H]2C)nn1-c1c(Cl)cccc1Cl.Cl. The molecule has 9 heteroatoms. The quantitative estimate of drug-likeness (QED) is 0.854. The number of aromatic nitrogens is 3. The summed E-state index contributed by atoms with van der Waals surface area (Å²) < 4.78 is 1.57. The molecule has 1 aliphatic heterocycles. The number of halogens is 3. The molecule has 0 aliphatic carbocycles. The maximum absolute atomic E-state index is 12.8. The van der Waals surface area contributed by atoms with E-state index in [-0.39, 0.29) is 30.2 Å². The van der Waals surface area contributed by atoms with Gasteiger partial charge in [0.1, 0.15) is 11.5 Å². The van der Waals surface area contributed by atoms with Gasteiger partial charge in [-0.1, -0.05) is 36.2 Å². The predicted molar refractivity (Wildman–Crippen MR) is 101 cm³/mol. The van der Waals surface area contributed by atoms with E-state index >= 15 is 0 Å². The Bertz CT molecular complexity index is 744. The van der Waals surface area contributed by atoms with Crippen molar-refractivity contribution >= 4 is 41.5 Å². The van der Waals surface area contributed by atoms with Crippen LogP contribution in [0.1, 0.15) is 30.3 Å². The summed E-state index contributed by atoms with van der Waals surface area (Å²) in [5.41, 5.74) is 0.553. The zero-order chi connectivity index (χ0) is 17.3. The van der Waals surface area contributed by atoms with Gasteiger partial charge >= 0.3 is 0 Å². The number of hydrogen-bond donors (Lipinski definition) is 1. The van der Waals surface area contributed by atoms with Gasteiger partial charge in [-0.3, -0.25) is 4.79 Å². The Morgan fingerprint density at radius 2 is 2.04 bits per heavy atom. The van der Waals surface area contributed by atoms with E-state index in [0.29, 0.717) is 34.5 Å². The first-order valence-corrected chi connectivity index (χ1v) is 8.70. The van der Waals surface area contributed by atoms with Crippen molar-refractivity contribution in [3.05, 3.63) is 39.9 Å². The fourth-order valence-corrected chi connectivity index (χ4v) is 3.36. The van der Waals surface area contributed by atoms with Crippen molar-refractivity contribution in [2.45, 2.75) is 26.3 Å². The van der Waals surface area contributed by atoms with Gasteiger partial charge in [-0.15, -0.1) is 17.5 Å². The van der Waals surface area contributed by atoms with Crippen LogP contribution < -0.4 is 5.32 Å². The van der Waals surface area contributed by atoms with E-state index in [2.05, 4.69) is 15.4 Å². The Hall–Kier alpha value is -1.34. The van der Waals surface area contributed by atoms with Crippen LogP contribution in [0.15, 0.2) is 18.2 Å². The second-order valence-electron chi connectivity index (χ2n) is 5.74. The first-order chi connectivity index (χ1) is 11.5. The third-order valence-electron chi connectivity index (χ3n) is 4.09. The lowest BCUT2D eigenvalue weighted by molar-refractivity contribution is 0.0643. The maximum atomic E-state index is 12.8. The van der Waals surface area contributed by atoms with E-state index in [4.69, 9.17) is 23.2 Å². The summed E-state index contributed by atoms with van der Waals surface area (Å²) >= 11 is 12.6. The molecule has 1 aromatic carbocycles. The van der Waals surface area contributed by atoms with E-state index in [1.807, 2.05) is 13.8 Å². The molecule has 0 bridgehead atoms. The third-order valence-corrected chi connectivity index (χ3v) is 4.70. The molecule has 0 radical (unpaired) electrons. The Kier molecular flexibility index (Phi) is 6.68. The van der Waals surface area contributed by atoms with Crippen molar-refractivity contribution in [1.82, 2.24) is 25.0 Å². The first kappa shape index (κ1) is 20.0. The van der Waals surface area contributed by atoms with Crippen molar-refractivity contribution in [2.24, 2.45) is 0 Å². The van der Waals surface area contributed by atoms with Gasteiger partial charge in [0.05, 0.1) is 10.0 Å². The Morgan fingerprint density at radius 1 is 1.36 bits per heavy atom. The minimum absolute atomic E-state index is 0. The summed E-state index contributed by atoms with van der Waals surface area (Å²) in [6, 6.07) is 5.35. The van der Waals surface area contributed by atoms with Crippen molar-refractivity contribution < 1.29 is 4.79 Å².